The molecule has 1 aliphatic rings. The molecule has 2 heterocycles. The molecule has 0 unspecified atom stereocenters. The van der Waals surface area contributed by atoms with Crippen LogP contribution in [0.15, 0.2) is 53.6 Å². The number of hydrogen-bond acceptors (Lipinski definition) is 6. The fraction of sp³-hybridized carbons (Fsp3) is 0.464. The zero-order chi connectivity index (χ0) is 27.3. The molecule has 38 heavy (non-hydrogen) atoms. The Kier molecular flexibility index (Phi) is 9.47. The molecular weight excluding hydrogens is 537 g/mol. The van der Waals surface area contributed by atoms with Gasteiger partial charge < -0.3 is 19.8 Å². The summed E-state index contributed by atoms with van der Waals surface area (Å²) in [6.45, 7) is 2.17. The van der Waals surface area contributed by atoms with Crippen LogP contribution in [0.4, 0.5) is 13.2 Å². The van der Waals surface area contributed by atoms with Crippen molar-refractivity contribution in [1.29, 1.82) is 0 Å². The van der Waals surface area contributed by atoms with Gasteiger partial charge in [0.25, 0.3) is 0 Å². The Morgan fingerprint density at radius 1 is 1.18 bits per heavy atom. The van der Waals surface area contributed by atoms with Crippen molar-refractivity contribution < 1.29 is 28.1 Å². The van der Waals surface area contributed by atoms with Gasteiger partial charge in [-0.3, -0.25) is 4.98 Å². The van der Waals surface area contributed by atoms with E-state index in [4.69, 9.17) is 16.3 Å². The second kappa shape index (κ2) is 12.4. The van der Waals surface area contributed by atoms with E-state index in [1.54, 1.807) is 19.4 Å². The minimum atomic E-state index is -4.36. The van der Waals surface area contributed by atoms with Gasteiger partial charge in [-0.1, -0.05) is 23.7 Å². The summed E-state index contributed by atoms with van der Waals surface area (Å²) in [5.41, 5.74) is 0.407. The number of likely N-dealkylation sites (tertiary alicyclic amines) is 1. The van der Waals surface area contributed by atoms with E-state index in [9.17, 15) is 23.4 Å². The molecule has 5 nitrogen and oxygen atoms in total. The number of fused-ring (bicyclic) bond motifs is 1. The number of thioether (sulfide) groups is 1. The fourth-order valence-electron chi connectivity index (χ4n) is 5.07. The standard InChI is InChI=1S/C28H32ClF3N2O3S/c1-37-19-6-7-23-20(16-19)26(22(29)17-33-23)24(36)8-9-27(18-35)10-12-34(13-11-27)14-15-38-25-5-3-2-4-21(25)28(30,31)32/h2-7,16-17,24,35-36H,8-15,18H2,1H3/t24-/m0/s1. The zero-order valence-electron chi connectivity index (χ0n) is 21.2. The lowest BCUT2D eigenvalue weighted by molar-refractivity contribution is -0.139. The van der Waals surface area contributed by atoms with Gasteiger partial charge in [-0.25, -0.2) is 0 Å². The Hall–Kier alpha value is -2.04. The molecule has 0 amide bonds. The highest BCUT2D eigenvalue weighted by Crippen LogP contribution is 2.41. The second-order valence-electron chi connectivity index (χ2n) is 9.80. The van der Waals surface area contributed by atoms with Gasteiger partial charge in [-0.2, -0.15) is 13.2 Å². The third-order valence-corrected chi connectivity index (χ3v) is 8.81. The highest BCUT2D eigenvalue weighted by atomic mass is 35.5. The molecule has 1 aromatic heterocycles. The number of hydrogen-bond donors (Lipinski definition) is 2. The summed E-state index contributed by atoms with van der Waals surface area (Å²) >= 11 is 7.67. The van der Waals surface area contributed by atoms with Gasteiger partial charge >= 0.3 is 6.18 Å². The number of methoxy groups -OCH3 is 1. The minimum absolute atomic E-state index is 0.0138. The number of alkyl halides is 3. The van der Waals surface area contributed by atoms with Crippen molar-refractivity contribution in [2.45, 2.75) is 42.9 Å². The molecule has 4 rings (SSSR count). The van der Waals surface area contributed by atoms with Gasteiger partial charge in [-0.15, -0.1) is 11.8 Å². The summed E-state index contributed by atoms with van der Waals surface area (Å²) in [5, 5.41) is 22.5. The summed E-state index contributed by atoms with van der Waals surface area (Å²) in [5.74, 6) is 1.20. The van der Waals surface area contributed by atoms with Crippen molar-refractivity contribution in [2.24, 2.45) is 5.41 Å². The zero-order valence-corrected chi connectivity index (χ0v) is 22.7. The molecule has 206 valence electrons. The minimum Gasteiger partial charge on any atom is -0.497 e. The second-order valence-corrected chi connectivity index (χ2v) is 11.3. The first-order valence-electron chi connectivity index (χ1n) is 12.6. The number of halogens is 4. The van der Waals surface area contributed by atoms with Crippen molar-refractivity contribution in [3.05, 3.63) is 64.8 Å². The molecule has 0 aliphatic carbocycles. The maximum absolute atomic E-state index is 13.2. The predicted molar refractivity (Wildman–Crippen MR) is 145 cm³/mol. The number of ether oxygens (including phenoxy) is 1. The highest BCUT2D eigenvalue weighted by Gasteiger charge is 2.35. The van der Waals surface area contributed by atoms with Crippen LogP contribution in [-0.2, 0) is 6.18 Å². The first-order chi connectivity index (χ1) is 18.2. The molecule has 2 N–H and O–H groups in total. The van der Waals surface area contributed by atoms with E-state index in [1.165, 1.54) is 23.9 Å². The van der Waals surface area contributed by atoms with E-state index in [2.05, 4.69) is 9.88 Å². The molecule has 1 atom stereocenters. The van der Waals surface area contributed by atoms with Gasteiger partial charge in [0.2, 0.25) is 0 Å². The normalized spacial score (nSPS) is 17.0. The molecule has 0 spiro atoms. The lowest BCUT2D eigenvalue weighted by Crippen LogP contribution is -2.43. The van der Waals surface area contributed by atoms with Crippen LogP contribution in [0.2, 0.25) is 5.02 Å². The summed E-state index contributed by atoms with van der Waals surface area (Å²) < 4.78 is 45.1. The van der Waals surface area contributed by atoms with E-state index in [-0.39, 0.29) is 16.9 Å². The average Bonchev–Trinajstić information content (AvgIpc) is 2.92. The number of benzene rings is 2. The van der Waals surface area contributed by atoms with Crippen LogP contribution in [0.1, 0.15) is 42.9 Å². The Bertz CT molecular complexity index is 1240. The summed E-state index contributed by atoms with van der Waals surface area (Å²) in [6.07, 6.45) is -1.10. The maximum Gasteiger partial charge on any atom is 0.417 e. The summed E-state index contributed by atoms with van der Waals surface area (Å²) in [6, 6.07) is 11.1. The first kappa shape index (κ1) is 29.0. The Morgan fingerprint density at radius 3 is 2.61 bits per heavy atom. The van der Waals surface area contributed by atoms with E-state index in [1.807, 2.05) is 18.2 Å². The average molecular weight is 569 g/mol. The van der Waals surface area contributed by atoms with Crippen molar-refractivity contribution in [3.63, 3.8) is 0 Å². The van der Waals surface area contributed by atoms with Gasteiger partial charge in [0, 0.05) is 40.9 Å². The quantitative estimate of drug-likeness (QED) is 0.269. The third-order valence-electron chi connectivity index (χ3n) is 7.46. The summed E-state index contributed by atoms with van der Waals surface area (Å²) in [7, 11) is 1.58. The fourth-order valence-corrected chi connectivity index (χ4v) is 6.43. The number of aromatic nitrogens is 1. The van der Waals surface area contributed by atoms with Crippen LogP contribution in [0, 0.1) is 5.41 Å². The van der Waals surface area contributed by atoms with Crippen LogP contribution in [0.5, 0.6) is 5.75 Å². The smallest absolute Gasteiger partial charge is 0.417 e. The molecule has 0 saturated carbocycles. The number of pyridine rings is 1. The number of aliphatic hydroxyl groups is 2. The van der Waals surface area contributed by atoms with Crippen molar-refractivity contribution in [1.82, 2.24) is 9.88 Å². The van der Waals surface area contributed by atoms with Crippen molar-refractivity contribution in [2.75, 3.05) is 39.1 Å². The monoisotopic (exact) mass is 568 g/mol. The van der Waals surface area contributed by atoms with E-state index in [0.717, 1.165) is 37.4 Å². The molecule has 1 saturated heterocycles. The lowest BCUT2D eigenvalue weighted by atomic mass is 9.74. The van der Waals surface area contributed by atoms with Gasteiger partial charge in [0.15, 0.2) is 0 Å². The Labute approximate surface area is 230 Å². The number of piperidine rings is 1. The van der Waals surface area contributed by atoms with E-state index in [0.29, 0.717) is 47.0 Å². The van der Waals surface area contributed by atoms with Crippen molar-refractivity contribution >= 4 is 34.3 Å². The maximum atomic E-state index is 13.2. The lowest BCUT2D eigenvalue weighted by Gasteiger charge is -2.41. The van der Waals surface area contributed by atoms with Crippen LogP contribution in [0.25, 0.3) is 10.9 Å². The number of nitrogens with zero attached hydrogens (tertiary/aromatic N) is 2. The summed E-state index contributed by atoms with van der Waals surface area (Å²) in [4.78, 5) is 6.82. The van der Waals surface area contributed by atoms with Gasteiger partial charge in [0.1, 0.15) is 5.75 Å². The predicted octanol–water partition coefficient (Wildman–Crippen LogP) is 6.60. The van der Waals surface area contributed by atoms with Gasteiger partial charge in [-0.05, 0) is 74.5 Å². The molecule has 0 bridgehead atoms. The molecule has 3 aromatic rings. The van der Waals surface area contributed by atoms with Crippen LogP contribution < -0.4 is 4.74 Å². The van der Waals surface area contributed by atoms with Gasteiger partial charge in [0.05, 0.1) is 29.3 Å². The largest absolute Gasteiger partial charge is 0.497 e. The van der Waals surface area contributed by atoms with E-state index >= 15 is 0 Å². The molecule has 2 aromatic carbocycles. The molecular formula is C28H32ClF3N2O3S. The van der Waals surface area contributed by atoms with Crippen LogP contribution in [0.3, 0.4) is 0 Å². The molecule has 10 heteroatoms. The highest BCUT2D eigenvalue weighted by molar-refractivity contribution is 7.99. The third kappa shape index (κ3) is 6.74. The number of rotatable bonds is 10. The Morgan fingerprint density at radius 2 is 1.92 bits per heavy atom. The first-order valence-corrected chi connectivity index (χ1v) is 13.9. The Balaban J connectivity index is 1.33. The molecule has 1 aliphatic heterocycles. The van der Waals surface area contributed by atoms with E-state index < -0.39 is 17.8 Å². The molecule has 0 radical (unpaired) electrons. The van der Waals surface area contributed by atoms with Crippen molar-refractivity contribution in [3.8, 4) is 5.75 Å². The van der Waals surface area contributed by atoms with Crippen LogP contribution in [-0.4, -0.2) is 59.2 Å². The number of aliphatic hydroxyl groups excluding tert-OH is 2. The SMILES string of the molecule is COc1ccc2ncc(Cl)c([C@@H](O)CCC3(CO)CCN(CCSc4ccccc4C(F)(F)F)CC3)c2c1. The molecule has 1 fully saturated rings. The van der Waals surface area contributed by atoms with Crippen LogP contribution >= 0.6 is 23.4 Å². The topological polar surface area (TPSA) is 65.8 Å².